The Kier molecular flexibility index (Phi) is 9.90. The summed E-state index contributed by atoms with van der Waals surface area (Å²) in [4.78, 5) is 12.5. The van der Waals surface area contributed by atoms with Crippen LogP contribution in [0.5, 0.6) is 0 Å². The van der Waals surface area contributed by atoms with Crippen LogP contribution < -0.4 is 4.13 Å². The summed E-state index contributed by atoms with van der Waals surface area (Å²) in [5, 5.41) is -14.6. The van der Waals surface area contributed by atoms with Crippen molar-refractivity contribution >= 4 is 36.0 Å². The van der Waals surface area contributed by atoms with Gasteiger partial charge >= 0.3 is 44.1 Å². The number of nitrogens with one attached hydrogen (secondary N) is 1. The molecule has 1 saturated heterocycles. The molecule has 0 amide bonds. The van der Waals surface area contributed by atoms with E-state index in [0.717, 1.165) is 18.7 Å². The molecule has 1 aliphatic rings. The molecule has 1 heterocycles. The average Bonchev–Trinajstić information content (AvgIpc) is 2.72. The van der Waals surface area contributed by atoms with Gasteiger partial charge in [0.15, 0.2) is 6.61 Å². The van der Waals surface area contributed by atoms with Crippen LogP contribution in [0.4, 0.5) is 52.7 Å². The first-order valence-electron chi connectivity index (χ1n) is 9.81. The summed E-state index contributed by atoms with van der Waals surface area (Å²) in [6.45, 7) is -3.87. The number of carbonyl (C=O) groups excluding carboxylic acids is 1. The first-order chi connectivity index (χ1) is 17.4. The van der Waals surface area contributed by atoms with Crippen LogP contribution >= 0.6 is 0 Å². The minimum absolute atomic E-state index is 0.573. The maximum Gasteiger partial charge on any atom is 0.512 e. The standard InChI is InChI=1S/C14H17F12N3O8S3/c1-7-3-28(4-8(2)29(7)5-9(30)37-6-10(15,16)17)40(35,36)13(22,23)11(18,19)12(20,21)38(31,32)27-39(33,34)14(24,25)26/h7-8,27H,3-6H2,1-2H3. The predicted octanol–water partition coefficient (Wildman–Crippen LogP) is 1.41. The van der Waals surface area contributed by atoms with Crippen LogP contribution in [0.1, 0.15) is 13.8 Å². The van der Waals surface area contributed by atoms with E-state index < -0.39 is 111 Å². The van der Waals surface area contributed by atoms with E-state index in [-0.39, 0.29) is 0 Å². The average molecular weight is 679 g/mol. The number of hydrogen-bond donors (Lipinski definition) is 1. The summed E-state index contributed by atoms with van der Waals surface area (Å²) in [5.74, 6) is -9.16. The Labute approximate surface area is 217 Å². The maximum absolute atomic E-state index is 14.5. The van der Waals surface area contributed by atoms with Crippen molar-refractivity contribution < 1.29 is 87.5 Å². The third-order valence-electron chi connectivity index (χ3n) is 5.03. The normalized spacial score (nSPS) is 21.9. The molecule has 1 aliphatic heterocycles. The van der Waals surface area contributed by atoms with E-state index >= 15 is 0 Å². The van der Waals surface area contributed by atoms with Crippen LogP contribution in [-0.2, 0) is 39.6 Å². The van der Waals surface area contributed by atoms with Crippen LogP contribution in [0, 0.1) is 0 Å². The lowest BCUT2D eigenvalue weighted by Gasteiger charge is -2.44. The zero-order valence-corrected chi connectivity index (χ0v) is 21.9. The topological polar surface area (TPSA) is 147 Å². The molecule has 1 rings (SSSR count). The largest absolute Gasteiger partial charge is 0.512 e. The van der Waals surface area contributed by atoms with Gasteiger partial charge in [-0.15, -0.1) is 0 Å². The van der Waals surface area contributed by atoms with Crippen LogP contribution in [0.2, 0.25) is 0 Å². The van der Waals surface area contributed by atoms with E-state index in [2.05, 4.69) is 4.74 Å². The Morgan fingerprint density at radius 2 is 1.20 bits per heavy atom. The Hall–Kier alpha value is -1.64. The van der Waals surface area contributed by atoms with Crippen molar-refractivity contribution in [2.24, 2.45) is 0 Å². The summed E-state index contributed by atoms with van der Waals surface area (Å²) in [7, 11) is -22.4. The fourth-order valence-corrected chi connectivity index (χ4v) is 7.16. The molecule has 26 heteroatoms. The molecule has 0 spiro atoms. The second kappa shape index (κ2) is 10.9. The van der Waals surface area contributed by atoms with Crippen molar-refractivity contribution in [2.45, 2.75) is 54.0 Å². The fraction of sp³-hybridized carbons (Fsp3) is 0.929. The number of sulfonamides is 3. The lowest BCUT2D eigenvalue weighted by atomic mass is 10.1. The minimum Gasteiger partial charge on any atom is -0.455 e. The number of rotatable bonds is 10. The van der Waals surface area contributed by atoms with Crippen molar-refractivity contribution in [1.29, 1.82) is 0 Å². The zero-order valence-electron chi connectivity index (χ0n) is 19.4. The van der Waals surface area contributed by atoms with E-state index in [1.807, 2.05) is 0 Å². The number of nitrogens with zero attached hydrogens (tertiary/aromatic N) is 2. The van der Waals surface area contributed by atoms with Gasteiger partial charge in [0, 0.05) is 25.2 Å². The molecule has 1 fully saturated rings. The smallest absolute Gasteiger partial charge is 0.455 e. The lowest BCUT2D eigenvalue weighted by molar-refractivity contribution is -0.245. The molecule has 238 valence electrons. The highest BCUT2D eigenvalue weighted by Crippen LogP contribution is 2.52. The Bertz CT molecular complexity index is 1270. The van der Waals surface area contributed by atoms with Gasteiger partial charge in [0.05, 0.1) is 6.54 Å². The summed E-state index contributed by atoms with van der Waals surface area (Å²) in [6.07, 6.45) is -4.95. The highest BCUT2D eigenvalue weighted by molar-refractivity contribution is 8.05. The molecule has 0 aromatic rings. The molecule has 0 radical (unpaired) electrons. The van der Waals surface area contributed by atoms with Gasteiger partial charge in [-0.2, -0.15) is 57.0 Å². The van der Waals surface area contributed by atoms with Gasteiger partial charge in [-0.3, -0.25) is 9.69 Å². The number of ether oxygens (including phenoxy) is 1. The number of piperazine rings is 1. The number of carbonyl (C=O) groups is 1. The Balaban J connectivity index is 3.30. The molecule has 2 atom stereocenters. The van der Waals surface area contributed by atoms with Crippen molar-refractivity contribution in [2.75, 3.05) is 26.2 Å². The van der Waals surface area contributed by atoms with E-state index in [1.165, 1.54) is 0 Å². The number of alkyl halides is 12. The molecule has 0 aromatic heterocycles. The van der Waals surface area contributed by atoms with Crippen LogP contribution in [0.3, 0.4) is 0 Å². The predicted molar refractivity (Wildman–Crippen MR) is 105 cm³/mol. The number of hydrogen-bond acceptors (Lipinski definition) is 9. The van der Waals surface area contributed by atoms with Crippen LogP contribution in [0.25, 0.3) is 0 Å². The van der Waals surface area contributed by atoms with Crippen molar-refractivity contribution in [1.82, 2.24) is 13.3 Å². The van der Waals surface area contributed by atoms with Crippen molar-refractivity contribution in [3.8, 4) is 0 Å². The summed E-state index contributed by atoms with van der Waals surface area (Å²) in [6, 6.07) is -2.96. The second-order valence-corrected chi connectivity index (χ2v) is 13.7. The molecular weight excluding hydrogens is 662 g/mol. The van der Waals surface area contributed by atoms with Crippen LogP contribution in [0.15, 0.2) is 0 Å². The lowest BCUT2D eigenvalue weighted by Crippen LogP contribution is -2.68. The molecule has 11 nitrogen and oxygen atoms in total. The van der Waals surface area contributed by atoms with Gasteiger partial charge in [-0.05, 0) is 13.8 Å². The second-order valence-electron chi connectivity index (χ2n) is 8.11. The third kappa shape index (κ3) is 6.87. The fourth-order valence-electron chi connectivity index (χ4n) is 3.08. The van der Waals surface area contributed by atoms with Crippen molar-refractivity contribution in [3.05, 3.63) is 0 Å². The van der Waals surface area contributed by atoms with Gasteiger partial charge < -0.3 is 4.74 Å². The highest BCUT2D eigenvalue weighted by atomic mass is 32.3. The zero-order chi connectivity index (χ0) is 32.1. The summed E-state index contributed by atoms with van der Waals surface area (Å²) in [5.41, 5.74) is -6.72. The molecule has 0 saturated carbocycles. The first kappa shape index (κ1) is 36.4. The molecule has 0 aliphatic carbocycles. The van der Waals surface area contributed by atoms with E-state index in [4.69, 9.17) is 0 Å². The Morgan fingerprint density at radius 3 is 1.57 bits per heavy atom. The SMILES string of the molecule is CC1CN(S(=O)(=O)C(F)(F)C(F)(F)C(F)(F)S(=O)(=O)NS(=O)(=O)C(F)(F)F)CC(C)N1CC(=O)OCC(F)(F)F. The Morgan fingerprint density at radius 1 is 0.775 bits per heavy atom. The molecule has 0 bridgehead atoms. The molecular formula is C14H17F12N3O8S3. The quantitative estimate of drug-likeness (QED) is 0.268. The molecule has 40 heavy (non-hydrogen) atoms. The molecule has 1 N–H and O–H groups in total. The van der Waals surface area contributed by atoms with Gasteiger partial charge in [0.1, 0.15) is 0 Å². The van der Waals surface area contributed by atoms with E-state index in [9.17, 15) is 82.7 Å². The number of halogens is 12. The van der Waals surface area contributed by atoms with Gasteiger partial charge in [-0.25, -0.2) is 25.3 Å². The monoisotopic (exact) mass is 679 g/mol. The third-order valence-corrected chi connectivity index (χ3v) is 10.2. The van der Waals surface area contributed by atoms with Gasteiger partial charge in [0.25, 0.3) is 20.0 Å². The van der Waals surface area contributed by atoms with Crippen molar-refractivity contribution in [3.63, 3.8) is 0 Å². The number of esters is 1. The van der Waals surface area contributed by atoms with Gasteiger partial charge in [-0.1, -0.05) is 4.13 Å². The minimum atomic E-state index is -7.94. The van der Waals surface area contributed by atoms with Gasteiger partial charge in [0.2, 0.25) is 0 Å². The molecule has 0 aromatic carbocycles. The van der Waals surface area contributed by atoms with E-state index in [1.54, 1.807) is 0 Å². The van der Waals surface area contributed by atoms with Crippen LogP contribution in [-0.4, -0.2) is 107 Å². The maximum atomic E-state index is 14.5. The summed E-state index contributed by atoms with van der Waals surface area (Å²) >= 11 is 0. The summed E-state index contributed by atoms with van der Waals surface area (Å²) < 4.78 is 231. The molecule has 2 unspecified atom stereocenters. The first-order valence-corrected chi connectivity index (χ1v) is 14.2. The van der Waals surface area contributed by atoms with E-state index in [0.29, 0.717) is 0 Å². The highest BCUT2D eigenvalue weighted by Gasteiger charge is 2.83.